The van der Waals surface area contributed by atoms with Crippen LogP contribution < -0.4 is 5.73 Å². The molecule has 76 valence electrons. The molecule has 2 N–H and O–H groups in total. The van der Waals surface area contributed by atoms with Gasteiger partial charge in [-0.1, -0.05) is 28.9 Å². The first-order chi connectivity index (χ1) is 6.57. The summed E-state index contributed by atoms with van der Waals surface area (Å²) in [7, 11) is 0. The van der Waals surface area contributed by atoms with Gasteiger partial charge in [-0.25, -0.2) is 0 Å². The standard InChI is InChI=1S/C9H11BrN2O2/c1-2-7(11)9-6(10)4-3-5-8(9)12(13)14/h3-5,7H,2,11H2,1H3/t7-/m0/s1. The second-order valence-electron chi connectivity index (χ2n) is 2.94. The van der Waals surface area contributed by atoms with Gasteiger partial charge in [-0.3, -0.25) is 10.1 Å². The molecular formula is C9H11BrN2O2. The minimum Gasteiger partial charge on any atom is -0.324 e. The third kappa shape index (κ3) is 2.10. The number of nitrogens with zero attached hydrogens (tertiary/aromatic N) is 1. The van der Waals surface area contributed by atoms with E-state index in [1.807, 2.05) is 6.92 Å². The van der Waals surface area contributed by atoms with Crippen molar-refractivity contribution in [2.24, 2.45) is 5.73 Å². The first-order valence-electron chi connectivity index (χ1n) is 4.26. The van der Waals surface area contributed by atoms with Crippen LogP contribution in [0.1, 0.15) is 24.9 Å². The topological polar surface area (TPSA) is 69.2 Å². The molecule has 4 nitrogen and oxygen atoms in total. The van der Waals surface area contributed by atoms with E-state index in [-0.39, 0.29) is 11.7 Å². The van der Waals surface area contributed by atoms with Gasteiger partial charge in [0.15, 0.2) is 0 Å². The van der Waals surface area contributed by atoms with E-state index in [2.05, 4.69) is 15.9 Å². The highest BCUT2D eigenvalue weighted by Gasteiger charge is 2.20. The van der Waals surface area contributed by atoms with Gasteiger partial charge in [0.1, 0.15) is 0 Å². The van der Waals surface area contributed by atoms with Crippen molar-refractivity contribution < 1.29 is 4.92 Å². The Bertz CT molecular complexity index is 355. The molecule has 1 rings (SSSR count). The molecule has 0 spiro atoms. The molecule has 0 heterocycles. The molecule has 1 aromatic carbocycles. The van der Waals surface area contributed by atoms with Crippen molar-refractivity contribution in [1.82, 2.24) is 0 Å². The van der Waals surface area contributed by atoms with Crippen LogP contribution in [0.15, 0.2) is 22.7 Å². The van der Waals surface area contributed by atoms with Crippen LogP contribution in [-0.2, 0) is 0 Å². The third-order valence-corrected chi connectivity index (χ3v) is 2.73. The zero-order valence-electron chi connectivity index (χ0n) is 7.74. The Morgan fingerprint density at radius 3 is 2.79 bits per heavy atom. The van der Waals surface area contributed by atoms with E-state index in [1.165, 1.54) is 6.07 Å². The Labute approximate surface area is 90.4 Å². The molecule has 0 amide bonds. The number of hydrogen-bond donors (Lipinski definition) is 1. The van der Waals surface area contributed by atoms with Crippen molar-refractivity contribution in [3.8, 4) is 0 Å². The van der Waals surface area contributed by atoms with Crippen LogP contribution in [0.25, 0.3) is 0 Å². The summed E-state index contributed by atoms with van der Waals surface area (Å²) in [5.41, 5.74) is 6.45. The van der Waals surface area contributed by atoms with Gasteiger partial charge in [-0.2, -0.15) is 0 Å². The first kappa shape index (κ1) is 11.1. The average Bonchev–Trinajstić information content (AvgIpc) is 2.16. The lowest BCUT2D eigenvalue weighted by atomic mass is 10.0. The van der Waals surface area contributed by atoms with Crippen molar-refractivity contribution in [1.29, 1.82) is 0 Å². The fourth-order valence-corrected chi connectivity index (χ4v) is 1.91. The van der Waals surface area contributed by atoms with Crippen molar-refractivity contribution in [3.05, 3.63) is 38.3 Å². The molecule has 5 heteroatoms. The normalized spacial score (nSPS) is 12.5. The second kappa shape index (κ2) is 4.52. The van der Waals surface area contributed by atoms with Gasteiger partial charge in [0, 0.05) is 16.6 Å². The monoisotopic (exact) mass is 258 g/mol. The Morgan fingerprint density at radius 1 is 1.64 bits per heavy atom. The zero-order valence-corrected chi connectivity index (χ0v) is 9.32. The summed E-state index contributed by atoms with van der Waals surface area (Å²) < 4.78 is 0.695. The molecule has 1 aromatic rings. The molecule has 0 aliphatic rings. The molecule has 0 aromatic heterocycles. The van der Waals surface area contributed by atoms with Crippen LogP contribution >= 0.6 is 15.9 Å². The molecule has 0 saturated heterocycles. The van der Waals surface area contributed by atoms with Crippen molar-refractivity contribution in [2.45, 2.75) is 19.4 Å². The van der Waals surface area contributed by atoms with E-state index in [0.717, 1.165) is 0 Å². The van der Waals surface area contributed by atoms with Crippen LogP contribution in [0.4, 0.5) is 5.69 Å². The van der Waals surface area contributed by atoms with Crippen LogP contribution in [0, 0.1) is 10.1 Å². The van der Waals surface area contributed by atoms with E-state index < -0.39 is 4.92 Å². The highest BCUT2D eigenvalue weighted by atomic mass is 79.9. The molecule has 0 aliphatic heterocycles. The summed E-state index contributed by atoms with van der Waals surface area (Å²) in [6.45, 7) is 1.90. The van der Waals surface area contributed by atoms with Crippen LogP contribution in [0.5, 0.6) is 0 Å². The van der Waals surface area contributed by atoms with E-state index in [1.54, 1.807) is 12.1 Å². The van der Waals surface area contributed by atoms with E-state index in [4.69, 9.17) is 5.73 Å². The van der Waals surface area contributed by atoms with Crippen molar-refractivity contribution in [2.75, 3.05) is 0 Å². The smallest absolute Gasteiger partial charge is 0.275 e. The molecule has 0 fully saturated rings. The predicted molar refractivity (Wildman–Crippen MR) is 58.0 cm³/mol. The predicted octanol–water partition coefficient (Wildman–Crippen LogP) is 2.77. The molecule has 0 bridgehead atoms. The summed E-state index contributed by atoms with van der Waals surface area (Å²) >= 11 is 3.27. The van der Waals surface area contributed by atoms with Gasteiger partial charge in [-0.15, -0.1) is 0 Å². The zero-order chi connectivity index (χ0) is 10.7. The highest BCUT2D eigenvalue weighted by Crippen LogP contribution is 2.32. The van der Waals surface area contributed by atoms with Crippen LogP contribution in [0.3, 0.4) is 0 Å². The van der Waals surface area contributed by atoms with Gasteiger partial charge < -0.3 is 5.73 Å². The maximum absolute atomic E-state index is 10.7. The number of nitrogens with two attached hydrogens (primary N) is 1. The summed E-state index contributed by atoms with van der Waals surface area (Å²) in [6.07, 6.45) is 0.670. The molecular weight excluding hydrogens is 248 g/mol. The van der Waals surface area contributed by atoms with Crippen molar-refractivity contribution >= 4 is 21.6 Å². The quantitative estimate of drug-likeness (QED) is 0.670. The SMILES string of the molecule is CC[C@H](N)c1c(Br)cccc1[N+](=O)[O-]. The first-order valence-corrected chi connectivity index (χ1v) is 5.05. The Balaban J connectivity index is 3.29. The Morgan fingerprint density at radius 2 is 2.29 bits per heavy atom. The average molecular weight is 259 g/mol. The molecule has 0 radical (unpaired) electrons. The lowest BCUT2D eigenvalue weighted by molar-refractivity contribution is -0.385. The second-order valence-corrected chi connectivity index (χ2v) is 3.80. The van der Waals surface area contributed by atoms with Gasteiger partial charge in [0.25, 0.3) is 5.69 Å². The van der Waals surface area contributed by atoms with Gasteiger partial charge in [0.05, 0.1) is 10.5 Å². The number of hydrogen-bond acceptors (Lipinski definition) is 3. The number of nitro groups is 1. The van der Waals surface area contributed by atoms with E-state index >= 15 is 0 Å². The Kier molecular flexibility index (Phi) is 3.60. The van der Waals surface area contributed by atoms with Gasteiger partial charge in [-0.05, 0) is 12.5 Å². The minimum absolute atomic E-state index is 0.0775. The largest absolute Gasteiger partial charge is 0.324 e. The Hall–Kier alpha value is -0.940. The maximum atomic E-state index is 10.7. The van der Waals surface area contributed by atoms with Crippen molar-refractivity contribution in [3.63, 3.8) is 0 Å². The fourth-order valence-electron chi connectivity index (χ4n) is 1.26. The summed E-state index contributed by atoms with van der Waals surface area (Å²) in [6, 6.07) is 4.56. The molecule has 14 heavy (non-hydrogen) atoms. The summed E-state index contributed by atoms with van der Waals surface area (Å²) in [4.78, 5) is 10.3. The van der Waals surface area contributed by atoms with Gasteiger partial charge in [0.2, 0.25) is 0 Å². The minimum atomic E-state index is -0.407. The van der Waals surface area contributed by atoms with Crippen LogP contribution in [0.2, 0.25) is 0 Å². The van der Waals surface area contributed by atoms with Gasteiger partial charge >= 0.3 is 0 Å². The van der Waals surface area contributed by atoms with E-state index in [0.29, 0.717) is 16.5 Å². The lowest BCUT2D eigenvalue weighted by Gasteiger charge is -2.11. The lowest BCUT2D eigenvalue weighted by Crippen LogP contribution is -2.11. The molecule has 1 atom stereocenters. The third-order valence-electron chi connectivity index (χ3n) is 2.04. The van der Waals surface area contributed by atoms with Crippen LogP contribution in [-0.4, -0.2) is 4.92 Å². The van der Waals surface area contributed by atoms with E-state index in [9.17, 15) is 10.1 Å². The summed E-state index contributed by atoms with van der Waals surface area (Å²) in [5, 5.41) is 10.7. The highest BCUT2D eigenvalue weighted by molar-refractivity contribution is 9.10. The number of halogens is 1. The molecule has 0 saturated carbocycles. The summed E-state index contributed by atoms with van der Waals surface area (Å²) in [5.74, 6) is 0. The number of benzene rings is 1. The molecule has 0 unspecified atom stereocenters. The fraction of sp³-hybridized carbons (Fsp3) is 0.333. The number of rotatable bonds is 3. The number of nitro benzene ring substituents is 1. The molecule has 0 aliphatic carbocycles. The maximum Gasteiger partial charge on any atom is 0.275 e.